The van der Waals surface area contributed by atoms with Crippen LogP contribution >= 0.6 is 15.9 Å². The van der Waals surface area contributed by atoms with Crippen LogP contribution in [0.1, 0.15) is 0 Å². The van der Waals surface area contributed by atoms with Crippen LogP contribution in [-0.2, 0) is 10.0 Å². The minimum Gasteiger partial charge on any atom is -0.388 e. The monoisotopic (exact) mass is 376 g/mol. The van der Waals surface area contributed by atoms with Gasteiger partial charge in [0.1, 0.15) is 16.5 Å². The number of hydrogen-bond acceptors (Lipinski definition) is 3. The van der Waals surface area contributed by atoms with Crippen LogP contribution in [0.5, 0.6) is 0 Å². The summed E-state index contributed by atoms with van der Waals surface area (Å²) >= 11 is 2.86. The number of hydrogen-bond donors (Lipinski definition) is 2. The molecule has 0 bridgehead atoms. The molecule has 8 heteroatoms. The Bertz CT molecular complexity index is 741. The van der Waals surface area contributed by atoms with Crippen molar-refractivity contribution >= 4 is 37.3 Å². The molecule has 112 valence electrons. The smallest absolute Gasteiger partial charge is 0.265 e. The summed E-state index contributed by atoms with van der Waals surface area (Å²) in [5, 5.41) is 2.89. The topological polar surface area (TPSA) is 58.2 Å². The number of benzene rings is 2. The van der Waals surface area contributed by atoms with E-state index in [0.29, 0.717) is 6.07 Å². The predicted octanol–water partition coefficient (Wildman–Crippen LogP) is 3.57. The van der Waals surface area contributed by atoms with Gasteiger partial charge in [-0.2, -0.15) is 0 Å². The fourth-order valence-corrected chi connectivity index (χ4v) is 3.92. The van der Waals surface area contributed by atoms with Gasteiger partial charge in [-0.3, -0.25) is 4.72 Å². The Kier molecular flexibility index (Phi) is 4.48. The van der Waals surface area contributed by atoms with E-state index in [1.807, 2.05) is 0 Å². The quantitative estimate of drug-likeness (QED) is 0.857. The molecular weight excluding hydrogens is 366 g/mol. The first-order valence-corrected chi connectivity index (χ1v) is 8.06. The van der Waals surface area contributed by atoms with Crippen LogP contribution < -0.4 is 10.0 Å². The lowest BCUT2D eigenvalue weighted by Gasteiger charge is -2.11. The lowest BCUT2D eigenvalue weighted by atomic mass is 10.3. The van der Waals surface area contributed by atoms with Crippen molar-refractivity contribution in [2.24, 2.45) is 0 Å². The zero-order valence-electron chi connectivity index (χ0n) is 10.8. The average molecular weight is 377 g/mol. The Morgan fingerprint density at radius 1 is 1.05 bits per heavy atom. The van der Waals surface area contributed by atoms with Crippen LogP contribution in [0.2, 0.25) is 0 Å². The average Bonchev–Trinajstić information content (AvgIpc) is 2.37. The second-order valence-electron chi connectivity index (χ2n) is 4.13. The Balaban J connectivity index is 2.38. The first kappa shape index (κ1) is 15.7. The maximum absolute atomic E-state index is 13.7. The molecule has 21 heavy (non-hydrogen) atoms. The second-order valence-corrected chi connectivity index (χ2v) is 6.60. The highest BCUT2D eigenvalue weighted by molar-refractivity contribution is 9.10. The Morgan fingerprint density at radius 2 is 1.62 bits per heavy atom. The Hall–Kier alpha value is -1.67. The van der Waals surface area contributed by atoms with Gasteiger partial charge in [-0.25, -0.2) is 17.2 Å². The van der Waals surface area contributed by atoms with Gasteiger partial charge in [0.15, 0.2) is 0 Å². The molecule has 0 aliphatic rings. The molecule has 2 N–H and O–H groups in total. The Labute approximate surface area is 129 Å². The molecule has 0 aromatic heterocycles. The molecule has 0 aliphatic heterocycles. The normalized spacial score (nSPS) is 11.2. The number of halogens is 3. The third-order valence-corrected chi connectivity index (χ3v) is 5.00. The minimum atomic E-state index is -4.17. The van der Waals surface area contributed by atoms with Crippen molar-refractivity contribution in [3.8, 4) is 0 Å². The third kappa shape index (κ3) is 3.51. The van der Waals surface area contributed by atoms with Crippen LogP contribution in [0.3, 0.4) is 0 Å². The fourth-order valence-electron chi connectivity index (χ4n) is 1.70. The zero-order chi connectivity index (χ0) is 15.6. The maximum Gasteiger partial charge on any atom is 0.265 e. The summed E-state index contributed by atoms with van der Waals surface area (Å²) in [5.41, 5.74) is 1.07. The first-order chi connectivity index (χ1) is 9.83. The molecule has 0 amide bonds. The molecule has 0 spiro atoms. The van der Waals surface area contributed by atoms with Gasteiger partial charge in [0, 0.05) is 29.0 Å². The van der Waals surface area contributed by atoms with E-state index in [9.17, 15) is 17.2 Å². The lowest BCUT2D eigenvalue weighted by Crippen LogP contribution is -2.15. The number of nitrogens with one attached hydrogen (secondary N) is 2. The van der Waals surface area contributed by atoms with Crippen LogP contribution in [-0.4, -0.2) is 15.5 Å². The largest absolute Gasteiger partial charge is 0.388 e. The molecule has 0 aliphatic carbocycles. The molecule has 0 radical (unpaired) electrons. The van der Waals surface area contributed by atoms with E-state index in [-0.39, 0.29) is 10.2 Å². The van der Waals surface area contributed by atoms with E-state index in [1.165, 1.54) is 12.1 Å². The van der Waals surface area contributed by atoms with Gasteiger partial charge in [-0.15, -0.1) is 0 Å². The van der Waals surface area contributed by atoms with Crippen molar-refractivity contribution in [1.82, 2.24) is 0 Å². The van der Waals surface area contributed by atoms with Gasteiger partial charge in [0.2, 0.25) is 0 Å². The van der Waals surface area contributed by atoms with Crippen molar-refractivity contribution in [3.05, 3.63) is 52.5 Å². The summed E-state index contributed by atoms with van der Waals surface area (Å²) in [6, 6.07) is 7.78. The van der Waals surface area contributed by atoms with Crippen molar-refractivity contribution in [1.29, 1.82) is 0 Å². The van der Waals surface area contributed by atoms with E-state index >= 15 is 0 Å². The molecule has 0 unspecified atom stereocenters. The van der Waals surface area contributed by atoms with Gasteiger partial charge in [0.05, 0.1) is 0 Å². The van der Waals surface area contributed by atoms with Crippen LogP contribution in [0.25, 0.3) is 0 Å². The first-order valence-electron chi connectivity index (χ1n) is 5.78. The summed E-state index contributed by atoms with van der Waals surface area (Å²) in [5.74, 6) is -2.03. The molecule has 0 fully saturated rings. The maximum atomic E-state index is 13.7. The molecular formula is C13H11BrF2N2O2S. The van der Waals surface area contributed by atoms with Crippen LogP contribution in [0.15, 0.2) is 45.8 Å². The predicted molar refractivity (Wildman–Crippen MR) is 80.9 cm³/mol. The molecule has 2 aromatic carbocycles. The minimum absolute atomic E-state index is 0.181. The highest BCUT2D eigenvalue weighted by atomic mass is 79.9. The molecule has 0 heterocycles. The molecule has 0 saturated heterocycles. The lowest BCUT2D eigenvalue weighted by molar-refractivity contribution is 0.548. The van der Waals surface area contributed by atoms with E-state index in [1.54, 1.807) is 19.2 Å². The van der Waals surface area contributed by atoms with Crippen molar-refractivity contribution in [3.63, 3.8) is 0 Å². The van der Waals surface area contributed by atoms with Gasteiger partial charge >= 0.3 is 0 Å². The summed E-state index contributed by atoms with van der Waals surface area (Å²) in [6.07, 6.45) is 0. The molecule has 2 aromatic rings. The molecule has 0 saturated carbocycles. The number of sulfonamides is 1. The molecule has 4 nitrogen and oxygen atoms in total. The molecule has 2 rings (SSSR count). The summed E-state index contributed by atoms with van der Waals surface area (Å²) in [6.45, 7) is 0. The van der Waals surface area contributed by atoms with Gasteiger partial charge < -0.3 is 5.32 Å². The van der Waals surface area contributed by atoms with Crippen molar-refractivity contribution in [2.75, 3.05) is 17.1 Å². The standard InChI is InChI=1S/C13H11BrF2N2O2S/c1-17-9-2-4-10(5-3-9)18-21(19,20)13-11(14)6-8(15)7-12(13)16/h2-7,17-18H,1H3. The van der Waals surface area contributed by atoms with Crippen LogP contribution in [0.4, 0.5) is 20.2 Å². The Morgan fingerprint density at radius 3 is 2.14 bits per heavy atom. The number of anilines is 2. The SMILES string of the molecule is CNc1ccc(NS(=O)(=O)c2c(F)cc(F)cc2Br)cc1. The van der Waals surface area contributed by atoms with Crippen molar-refractivity contribution < 1.29 is 17.2 Å². The van der Waals surface area contributed by atoms with E-state index < -0.39 is 26.6 Å². The van der Waals surface area contributed by atoms with Crippen molar-refractivity contribution in [2.45, 2.75) is 4.90 Å². The number of rotatable bonds is 4. The molecule has 0 atom stereocenters. The third-order valence-electron chi connectivity index (χ3n) is 2.66. The second kappa shape index (κ2) is 5.98. The van der Waals surface area contributed by atoms with Crippen LogP contribution in [0, 0.1) is 11.6 Å². The van der Waals surface area contributed by atoms with Gasteiger partial charge in [-0.05, 0) is 46.3 Å². The summed E-state index contributed by atoms with van der Waals surface area (Å²) in [4.78, 5) is -0.637. The highest BCUT2D eigenvalue weighted by Crippen LogP contribution is 2.28. The van der Waals surface area contributed by atoms with E-state index in [2.05, 4.69) is 26.0 Å². The summed E-state index contributed by atoms with van der Waals surface area (Å²) in [7, 11) is -2.44. The van der Waals surface area contributed by atoms with E-state index in [4.69, 9.17) is 0 Å². The van der Waals surface area contributed by atoms with E-state index in [0.717, 1.165) is 11.8 Å². The zero-order valence-corrected chi connectivity index (χ0v) is 13.2. The fraction of sp³-hybridized carbons (Fsp3) is 0.0769. The summed E-state index contributed by atoms with van der Waals surface area (Å²) < 4.78 is 53.2. The van der Waals surface area contributed by atoms with Gasteiger partial charge in [-0.1, -0.05) is 0 Å². The van der Waals surface area contributed by atoms with Gasteiger partial charge in [0.25, 0.3) is 10.0 Å². The highest BCUT2D eigenvalue weighted by Gasteiger charge is 2.23.